The third-order valence-corrected chi connectivity index (χ3v) is 6.22. The number of nitrogens with one attached hydrogen (secondary N) is 1. The molecule has 3 aromatic rings. The monoisotopic (exact) mass is 415 g/mol. The van der Waals surface area contributed by atoms with E-state index < -0.39 is 5.82 Å². The van der Waals surface area contributed by atoms with Gasteiger partial charge in [0.05, 0.1) is 17.0 Å². The van der Waals surface area contributed by atoms with Crippen molar-refractivity contribution < 1.29 is 4.39 Å². The van der Waals surface area contributed by atoms with E-state index in [-0.39, 0.29) is 10.9 Å². The molecule has 1 unspecified atom stereocenters. The number of rotatable bonds is 5. The normalized spacial score (nSPS) is 17.3. The van der Waals surface area contributed by atoms with E-state index in [0.29, 0.717) is 17.0 Å². The lowest BCUT2D eigenvalue weighted by atomic mass is 10.0. The van der Waals surface area contributed by atoms with Gasteiger partial charge in [0.1, 0.15) is 17.7 Å². The molecule has 1 atom stereocenters. The number of anilines is 1. The standard InChI is InChI=1S/C24H22FN5O/c1-15-4-6-21(25)23-20(15)9-17(28-24(23)31)3-2-8-29-13-19-10-18(29)14-30(19)22-7-5-16(11-26)12-27-22/h4-7,9,12-13,18H,2-3,8,10,14H2,1H3,(H,28,31). The highest BCUT2D eigenvalue weighted by molar-refractivity contribution is 5.85. The fourth-order valence-electron chi connectivity index (χ4n) is 4.60. The Labute approximate surface area is 179 Å². The highest BCUT2D eigenvalue weighted by Crippen LogP contribution is 2.35. The number of nitriles is 1. The maximum atomic E-state index is 14.0. The first-order chi connectivity index (χ1) is 15.0. The molecular formula is C24H22FN5O. The molecule has 1 saturated heterocycles. The van der Waals surface area contributed by atoms with Crippen molar-refractivity contribution in [3.05, 3.63) is 81.4 Å². The van der Waals surface area contributed by atoms with Crippen LogP contribution in [0.5, 0.6) is 0 Å². The van der Waals surface area contributed by atoms with Crippen LogP contribution in [0.1, 0.15) is 29.7 Å². The summed E-state index contributed by atoms with van der Waals surface area (Å²) in [5.74, 6) is 0.401. The van der Waals surface area contributed by atoms with Gasteiger partial charge in [0, 0.05) is 43.3 Å². The molecule has 2 aliphatic rings. The van der Waals surface area contributed by atoms with Crippen molar-refractivity contribution in [1.29, 1.82) is 5.26 Å². The zero-order valence-corrected chi connectivity index (χ0v) is 17.2. The highest BCUT2D eigenvalue weighted by Gasteiger charge is 2.36. The lowest BCUT2D eigenvalue weighted by Gasteiger charge is -2.30. The third kappa shape index (κ3) is 3.44. The van der Waals surface area contributed by atoms with Gasteiger partial charge in [0.2, 0.25) is 0 Å². The first-order valence-corrected chi connectivity index (χ1v) is 10.4. The maximum absolute atomic E-state index is 14.0. The molecular weight excluding hydrogens is 393 g/mol. The summed E-state index contributed by atoms with van der Waals surface area (Å²) in [4.78, 5) is 24.2. The van der Waals surface area contributed by atoms with Crippen LogP contribution in [-0.4, -0.2) is 34.0 Å². The van der Waals surface area contributed by atoms with Crippen molar-refractivity contribution in [2.24, 2.45) is 0 Å². The molecule has 7 heteroatoms. The Morgan fingerprint density at radius 2 is 2.19 bits per heavy atom. The van der Waals surface area contributed by atoms with E-state index in [0.717, 1.165) is 49.4 Å². The smallest absolute Gasteiger partial charge is 0.259 e. The SMILES string of the molecule is Cc1ccc(F)c2c(=O)[nH]c(CCCN3C=C4CC3CN4c3ccc(C#N)cn3)cc12. The molecule has 5 rings (SSSR count). The second-order valence-electron chi connectivity index (χ2n) is 8.22. The number of nitrogens with zero attached hydrogens (tertiary/aromatic N) is 4. The molecule has 1 fully saturated rings. The Hall–Kier alpha value is -3.66. The minimum atomic E-state index is -0.477. The van der Waals surface area contributed by atoms with E-state index in [9.17, 15) is 9.18 Å². The molecule has 1 N–H and O–H groups in total. The predicted octanol–water partition coefficient (Wildman–Crippen LogP) is 3.61. The Bertz CT molecular complexity index is 1290. The Balaban J connectivity index is 1.25. The van der Waals surface area contributed by atoms with Crippen molar-refractivity contribution in [1.82, 2.24) is 14.9 Å². The van der Waals surface area contributed by atoms with Gasteiger partial charge in [-0.25, -0.2) is 9.37 Å². The van der Waals surface area contributed by atoms with Gasteiger partial charge in [-0.1, -0.05) is 6.07 Å². The van der Waals surface area contributed by atoms with Crippen molar-refractivity contribution >= 4 is 16.6 Å². The lowest BCUT2D eigenvalue weighted by Crippen LogP contribution is -2.37. The number of H-pyrrole nitrogens is 1. The zero-order chi connectivity index (χ0) is 21.5. The molecule has 2 bridgehead atoms. The molecule has 0 saturated carbocycles. The van der Waals surface area contributed by atoms with Crippen LogP contribution in [0.2, 0.25) is 0 Å². The summed E-state index contributed by atoms with van der Waals surface area (Å²) in [6.07, 6.45) is 6.42. The van der Waals surface area contributed by atoms with Gasteiger partial charge >= 0.3 is 0 Å². The second-order valence-corrected chi connectivity index (χ2v) is 8.22. The van der Waals surface area contributed by atoms with Gasteiger partial charge in [0.15, 0.2) is 0 Å². The van der Waals surface area contributed by atoms with Crippen LogP contribution in [0.4, 0.5) is 10.2 Å². The van der Waals surface area contributed by atoms with Crippen LogP contribution >= 0.6 is 0 Å². The number of aryl methyl sites for hydroxylation is 2. The molecule has 0 spiro atoms. The number of fused-ring (bicyclic) bond motifs is 3. The van der Waals surface area contributed by atoms with Crippen LogP contribution in [0.25, 0.3) is 10.8 Å². The van der Waals surface area contributed by atoms with Gasteiger partial charge in [0.25, 0.3) is 5.56 Å². The van der Waals surface area contributed by atoms with E-state index >= 15 is 0 Å². The molecule has 0 amide bonds. The van der Waals surface area contributed by atoms with Gasteiger partial charge in [-0.3, -0.25) is 4.79 Å². The summed E-state index contributed by atoms with van der Waals surface area (Å²) >= 11 is 0. The molecule has 6 nitrogen and oxygen atoms in total. The number of pyridine rings is 2. The fourth-order valence-corrected chi connectivity index (χ4v) is 4.60. The van der Waals surface area contributed by atoms with Crippen molar-refractivity contribution in [2.45, 2.75) is 32.2 Å². The van der Waals surface area contributed by atoms with Crippen LogP contribution in [0.15, 0.2) is 53.2 Å². The van der Waals surface area contributed by atoms with Crippen molar-refractivity contribution in [3.8, 4) is 6.07 Å². The summed E-state index contributed by atoms with van der Waals surface area (Å²) in [6, 6.07) is 11.2. The average molecular weight is 415 g/mol. The molecule has 156 valence electrons. The lowest BCUT2D eigenvalue weighted by molar-refractivity contribution is 0.304. The van der Waals surface area contributed by atoms with Crippen molar-refractivity contribution in [2.75, 3.05) is 18.0 Å². The second kappa shape index (κ2) is 7.55. The van der Waals surface area contributed by atoms with Gasteiger partial charge in [-0.2, -0.15) is 5.26 Å². The van der Waals surface area contributed by atoms with Gasteiger partial charge < -0.3 is 14.8 Å². The number of hydrogen-bond acceptors (Lipinski definition) is 5. The van der Waals surface area contributed by atoms with E-state index in [4.69, 9.17) is 5.26 Å². The summed E-state index contributed by atoms with van der Waals surface area (Å²) in [7, 11) is 0. The summed E-state index contributed by atoms with van der Waals surface area (Å²) in [5.41, 5.74) is 3.19. The van der Waals surface area contributed by atoms with Crippen LogP contribution < -0.4 is 10.5 Å². The maximum Gasteiger partial charge on any atom is 0.259 e. The van der Waals surface area contributed by atoms with E-state index in [2.05, 4.69) is 32.0 Å². The minimum Gasteiger partial charge on any atom is -0.371 e. The quantitative estimate of drug-likeness (QED) is 0.689. The van der Waals surface area contributed by atoms with Gasteiger partial charge in [-0.15, -0.1) is 0 Å². The fraction of sp³-hybridized carbons (Fsp3) is 0.292. The predicted molar refractivity (Wildman–Crippen MR) is 117 cm³/mol. The Morgan fingerprint density at radius 3 is 2.90 bits per heavy atom. The zero-order valence-electron chi connectivity index (χ0n) is 17.2. The van der Waals surface area contributed by atoms with E-state index in [1.165, 1.54) is 11.8 Å². The first-order valence-electron chi connectivity index (χ1n) is 10.4. The molecule has 1 aromatic carbocycles. The third-order valence-electron chi connectivity index (χ3n) is 6.22. The highest BCUT2D eigenvalue weighted by atomic mass is 19.1. The molecule has 0 radical (unpaired) electrons. The topological polar surface area (TPSA) is 76.0 Å². The number of aromatic nitrogens is 2. The number of aromatic amines is 1. The van der Waals surface area contributed by atoms with Crippen LogP contribution in [0, 0.1) is 24.1 Å². The Morgan fingerprint density at radius 1 is 1.32 bits per heavy atom. The molecule has 2 aliphatic heterocycles. The molecule has 0 aliphatic carbocycles. The Kier molecular flexibility index (Phi) is 4.70. The summed E-state index contributed by atoms with van der Waals surface area (Å²) in [5, 5.41) is 9.76. The van der Waals surface area contributed by atoms with E-state index in [1.54, 1.807) is 18.3 Å². The van der Waals surface area contributed by atoms with Gasteiger partial charge in [-0.05, 0) is 55.0 Å². The number of benzene rings is 1. The van der Waals surface area contributed by atoms with Crippen LogP contribution in [-0.2, 0) is 6.42 Å². The largest absolute Gasteiger partial charge is 0.371 e. The molecule has 4 heterocycles. The summed E-state index contributed by atoms with van der Waals surface area (Å²) in [6.45, 7) is 3.67. The average Bonchev–Trinajstić information content (AvgIpc) is 3.37. The van der Waals surface area contributed by atoms with E-state index in [1.807, 2.05) is 19.1 Å². The number of hydrogen-bond donors (Lipinski definition) is 1. The number of halogens is 1. The van der Waals surface area contributed by atoms with Crippen LogP contribution in [0.3, 0.4) is 0 Å². The first kappa shape index (κ1) is 19.3. The minimum absolute atomic E-state index is 0.141. The molecule has 2 aromatic heterocycles. The summed E-state index contributed by atoms with van der Waals surface area (Å²) < 4.78 is 14.0. The molecule has 31 heavy (non-hydrogen) atoms. The van der Waals surface area contributed by atoms with Crippen molar-refractivity contribution in [3.63, 3.8) is 0 Å².